The fourth-order valence-corrected chi connectivity index (χ4v) is 1.22. The van der Waals surface area contributed by atoms with Gasteiger partial charge in [0.2, 0.25) is 0 Å². The Morgan fingerprint density at radius 3 is 2.91 bits per heavy atom. The van der Waals surface area contributed by atoms with Crippen LogP contribution in [0.1, 0.15) is 6.42 Å². The number of aliphatic hydroxyl groups excluding tert-OH is 1. The molecule has 2 N–H and O–H groups in total. The summed E-state index contributed by atoms with van der Waals surface area (Å²) in [7, 11) is 1.36. The van der Waals surface area contributed by atoms with Gasteiger partial charge in [0.05, 0.1) is 19.6 Å². The van der Waals surface area contributed by atoms with E-state index in [2.05, 4.69) is 10.1 Å². The summed E-state index contributed by atoms with van der Waals surface area (Å²) in [4.78, 5) is 10.8. The Balaban J connectivity index is 2.30. The van der Waals surface area contributed by atoms with Crippen LogP contribution in [0.15, 0.2) is 0 Å². The van der Waals surface area contributed by atoms with Gasteiger partial charge in [-0.2, -0.15) is 0 Å². The largest absolute Gasteiger partial charge is 0.469 e. The number of ether oxygens (including phenoxy) is 1. The van der Waals surface area contributed by atoms with Crippen molar-refractivity contribution in [3.8, 4) is 0 Å². The maximum absolute atomic E-state index is 10.8. The number of carbonyl (C=O) groups is 1. The van der Waals surface area contributed by atoms with Crippen LogP contribution in [0.5, 0.6) is 0 Å². The summed E-state index contributed by atoms with van der Waals surface area (Å²) < 4.78 is 4.48. The molecule has 64 valence electrons. The minimum Gasteiger partial charge on any atom is -0.469 e. The highest BCUT2D eigenvalue weighted by Crippen LogP contribution is 2.13. The van der Waals surface area contributed by atoms with E-state index in [1.54, 1.807) is 0 Å². The van der Waals surface area contributed by atoms with Crippen LogP contribution in [0.3, 0.4) is 0 Å². The second-order valence-electron chi connectivity index (χ2n) is 2.77. The predicted octanol–water partition coefficient (Wildman–Crippen LogP) is -0.870. The highest BCUT2D eigenvalue weighted by atomic mass is 16.5. The van der Waals surface area contributed by atoms with E-state index in [0.29, 0.717) is 19.5 Å². The number of esters is 1. The zero-order valence-corrected chi connectivity index (χ0v) is 6.54. The van der Waals surface area contributed by atoms with E-state index in [1.165, 1.54) is 7.11 Å². The molecular formula is C7H13NO3. The maximum atomic E-state index is 10.8. The van der Waals surface area contributed by atoms with E-state index in [-0.39, 0.29) is 11.9 Å². The Morgan fingerprint density at radius 1 is 1.73 bits per heavy atom. The van der Waals surface area contributed by atoms with Gasteiger partial charge in [0, 0.05) is 19.0 Å². The van der Waals surface area contributed by atoms with Gasteiger partial charge in [-0.15, -0.1) is 0 Å². The van der Waals surface area contributed by atoms with Gasteiger partial charge in [0.1, 0.15) is 0 Å². The molecule has 1 aliphatic heterocycles. The molecule has 0 saturated carbocycles. The SMILES string of the molecule is COC(=O)C[C@@H]1CNC[C@H]1O. The lowest BCUT2D eigenvalue weighted by atomic mass is 10.0. The van der Waals surface area contributed by atoms with E-state index in [0.717, 1.165) is 0 Å². The second kappa shape index (κ2) is 3.69. The summed E-state index contributed by atoms with van der Waals surface area (Å²) in [6, 6.07) is 0. The molecular weight excluding hydrogens is 146 g/mol. The van der Waals surface area contributed by atoms with Gasteiger partial charge < -0.3 is 15.2 Å². The lowest BCUT2D eigenvalue weighted by Crippen LogP contribution is -2.21. The van der Waals surface area contributed by atoms with Crippen molar-refractivity contribution in [3.05, 3.63) is 0 Å². The fraction of sp³-hybridized carbons (Fsp3) is 0.857. The third-order valence-corrected chi connectivity index (χ3v) is 1.96. The monoisotopic (exact) mass is 159 g/mol. The zero-order valence-electron chi connectivity index (χ0n) is 6.54. The molecule has 0 aromatic carbocycles. The average molecular weight is 159 g/mol. The van der Waals surface area contributed by atoms with Gasteiger partial charge in [0.15, 0.2) is 0 Å². The number of nitrogens with one attached hydrogen (secondary N) is 1. The predicted molar refractivity (Wildman–Crippen MR) is 39.0 cm³/mol. The Bertz CT molecular complexity index is 149. The summed E-state index contributed by atoms with van der Waals surface area (Å²) in [5.41, 5.74) is 0. The molecule has 1 saturated heterocycles. The maximum Gasteiger partial charge on any atom is 0.305 e. The molecule has 0 radical (unpaired) electrons. The first-order valence-corrected chi connectivity index (χ1v) is 3.69. The van der Waals surface area contributed by atoms with Crippen molar-refractivity contribution in [2.75, 3.05) is 20.2 Å². The Hall–Kier alpha value is -0.610. The number of aliphatic hydroxyl groups is 1. The lowest BCUT2D eigenvalue weighted by Gasteiger charge is -2.10. The van der Waals surface area contributed by atoms with Crippen molar-refractivity contribution in [3.63, 3.8) is 0 Å². The van der Waals surface area contributed by atoms with Crippen LogP contribution in [-0.4, -0.2) is 37.4 Å². The van der Waals surface area contributed by atoms with Gasteiger partial charge in [-0.1, -0.05) is 0 Å². The van der Waals surface area contributed by atoms with Gasteiger partial charge in [-0.05, 0) is 0 Å². The first kappa shape index (κ1) is 8.49. The van der Waals surface area contributed by atoms with Gasteiger partial charge in [0.25, 0.3) is 0 Å². The van der Waals surface area contributed by atoms with Gasteiger partial charge >= 0.3 is 5.97 Å². The Labute approximate surface area is 65.5 Å². The Kier molecular flexibility index (Phi) is 2.84. The van der Waals surface area contributed by atoms with Crippen LogP contribution >= 0.6 is 0 Å². The standard InChI is InChI=1S/C7H13NO3/c1-11-7(10)2-5-3-8-4-6(5)9/h5-6,8-9H,2-4H2,1H3/t5-,6-/m1/s1. The number of hydrogen-bond acceptors (Lipinski definition) is 4. The average Bonchev–Trinajstić information content (AvgIpc) is 2.37. The number of carbonyl (C=O) groups excluding carboxylic acids is 1. The van der Waals surface area contributed by atoms with E-state index in [9.17, 15) is 9.90 Å². The molecule has 0 aromatic heterocycles. The van der Waals surface area contributed by atoms with Crippen molar-refractivity contribution in [1.82, 2.24) is 5.32 Å². The van der Waals surface area contributed by atoms with Crippen LogP contribution in [0.2, 0.25) is 0 Å². The van der Waals surface area contributed by atoms with Crippen molar-refractivity contribution in [1.29, 1.82) is 0 Å². The second-order valence-corrected chi connectivity index (χ2v) is 2.77. The van der Waals surface area contributed by atoms with Crippen molar-refractivity contribution in [2.45, 2.75) is 12.5 Å². The summed E-state index contributed by atoms with van der Waals surface area (Å²) in [6.45, 7) is 1.29. The summed E-state index contributed by atoms with van der Waals surface area (Å²) in [5, 5.41) is 12.3. The quantitative estimate of drug-likeness (QED) is 0.514. The number of methoxy groups -OCH3 is 1. The van der Waals surface area contributed by atoms with Crippen LogP contribution in [0, 0.1) is 5.92 Å². The van der Waals surface area contributed by atoms with Crippen molar-refractivity contribution >= 4 is 5.97 Å². The lowest BCUT2D eigenvalue weighted by molar-refractivity contribution is -0.142. The van der Waals surface area contributed by atoms with E-state index in [4.69, 9.17) is 0 Å². The number of hydrogen-bond donors (Lipinski definition) is 2. The molecule has 0 bridgehead atoms. The van der Waals surface area contributed by atoms with Crippen LogP contribution in [0.25, 0.3) is 0 Å². The molecule has 2 atom stereocenters. The minimum absolute atomic E-state index is 0.0300. The molecule has 1 heterocycles. The fourth-order valence-electron chi connectivity index (χ4n) is 1.22. The third-order valence-electron chi connectivity index (χ3n) is 1.96. The molecule has 0 amide bonds. The molecule has 0 aliphatic carbocycles. The summed E-state index contributed by atoms with van der Waals surface area (Å²) in [5.74, 6) is -0.222. The first-order valence-electron chi connectivity index (χ1n) is 3.69. The highest BCUT2D eigenvalue weighted by molar-refractivity contribution is 5.69. The minimum atomic E-state index is -0.394. The number of β-amino-alcohol motifs (C(OH)–C–C–N with tert-alkyl or cyclic N) is 1. The molecule has 0 aromatic rings. The zero-order chi connectivity index (χ0) is 8.27. The third kappa shape index (κ3) is 2.17. The topological polar surface area (TPSA) is 58.6 Å². The molecule has 4 nitrogen and oxygen atoms in total. The molecule has 1 aliphatic rings. The molecule has 4 heteroatoms. The summed E-state index contributed by atoms with van der Waals surface area (Å²) >= 11 is 0. The number of rotatable bonds is 2. The van der Waals surface area contributed by atoms with Crippen molar-refractivity contribution in [2.24, 2.45) is 5.92 Å². The van der Waals surface area contributed by atoms with Crippen LogP contribution < -0.4 is 5.32 Å². The van der Waals surface area contributed by atoms with Gasteiger partial charge in [-0.3, -0.25) is 4.79 Å². The van der Waals surface area contributed by atoms with Crippen LogP contribution in [0.4, 0.5) is 0 Å². The molecule has 0 spiro atoms. The molecule has 0 unspecified atom stereocenters. The van der Waals surface area contributed by atoms with E-state index in [1.807, 2.05) is 0 Å². The molecule has 1 rings (SSSR count). The smallest absolute Gasteiger partial charge is 0.305 e. The molecule has 11 heavy (non-hydrogen) atoms. The van der Waals surface area contributed by atoms with E-state index < -0.39 is 6.10 Å². The molecule has 1 fully saturated rings. The first-order chi connectivity index (χ1) is 5.24. The highest BCUT2D eigenvalue weighted by Gasteiger charge is 2.27. The van der Waals surface area contributed by atoms with E-state index >= 15 is 0 Å². The normalized spacial score (nSPS) is 30.4. The van der Waals surface area contributed by atoms with Gasteiger partial charge in [-0.25, -0.2) is 0 Å². The van der Waals surface area contributed by atoms with Crippen molar-refractivity contribution < 1.29 is 14.6 Å². The van der Waals surface area contributed by atoms with Crippen LogP contribution in [-0.2, 0) is 9.53 Å². The Morgan fingerprint density at radius 2 is 2.45 bits per heavy atom. The summed E-state index contributed by atoms with van der Waals surface area (Å²) in [6.07, 6.45) is -0.0842.